The van der Waals surface area contributed by atoms with Crippen molar-refractivity contribution in [3.8, 4) is 11.5 Å². The zero-order valence-corrected chi connectivity index (χ0v) is 16.9. The van der Waals surface area contributed by atoms with E-state index in [2.05, 4.69) is 20.8 Å². The Bertz CT molecular complexity index is 788. The van der Waals surface area contributed by atoms with E-state index < -0.39 is 0 Å². The van der Waals surface area contributed by atoms with Crippen molar-refractivity contribution in [1.82, 2.24) is 0 Å². The molecule has 0 bridgehead atoms. The molecule has 0 saturated heterocycles. The molecule has 2 aromatic rings. The maximum absolute atomic E-state index is 13.1. The summed E-state index contributed by atoms with van der Waals surface area (Å²) >= 11 is 0. The van der Waals surface area contributed by atoms with Crippen LogP contribution in [0.5, 0.6) is 11.5 Å². The summed E-state index contributed by atoms with van der Waals surface area (Å²) in [4.78, 5) is 13.1. The predicted molar refractivity (Wildman–Crippen MR) is 107 cm³/mol. The van der Waals surface area contributed by atoms with Crippen molar-refractivity contribution in [1.29, 1.82) is 0 Å². The van der Waals surface area contributed by atoms with Crippen molar-refractivity contribution in [2.45, 2.75) is 59.3 Å². The van der Waals surface area contributed by atoms with Crippen molar-refractivity contribution >= 4 is 5.78 Å². The van der Waals surface area contributed by atoms with Gasteiger partial charge in [0.05, 0.1) is 12.2 Å². The highest BCUT2D eigenvalue weighted by atomic mass is 16.5. The van der Waals surface area contributed by atoms with Crippen molar-refractivity contribution in [3.63, 3.8) is 0 Å². The quantitative estimate of drug-likeness (QED) is 0.725. The van der Waals surface area contributed by atoms with Gasteiger partial charge in [-0.25, -0.2) is 0 Å². The normalized spacial score (nSPS) is 12.1. The van der Waals surface area contributed by atoms with Gasteiger partial charge >= 0.3 is 0 Å². The first-order chi connectivity index (χ1) is 11.9. The Labute approximate surface area is 157 Å². The molecule has 0 fully saturated rings. The molecule has 0 saturated carbocycles. The first kappa shape index (κ1) is 20.0. The van der Waals surface area contributed by atoms with Crippen molar-refractivity contribution in [2.75, 3.05) is 6.61 Å². The molecule has 0 atom stereocenters. The maximum atomic E-state index is 13.1. The molecule has 0 aromatic heterocycles. The molecule has 140 valence electrons. The van der Waals surface area contributed by atoms with Crippen LogP contribution in [0, 0.1) is 0 Å². The van der Waals surface area contributed by atoms with Crippen LogP contribution < -0.4 is 4.74 Å². The molecule has 2 aromatic carbocycles. The third-order valence-corrected chi connectivity index (χ3v) is 4.46. The van der Waals surface area contributed by atoms with Crippen LogP contribution in [0.4, 0.5) is 0 Å². The molecule has 3 heteroatoms. The Kier molecular flexibility index (Phi) is 5.50. The number of phenolic OH excluding ortho intramolecular Hbond substituents is 1. The first-order valence-corrected chi connectivity index (χ1v) is 9.10. The minimum absolute atomic E-state index is 0.0735. The van der Waals surface area contributed by atoms with Crippen LogP contribution in [0.3, 0.4) is 0 Å². The lowest BCUT2D eigenvalue weighted by Gasteiger charge is -2.27. The number of hydrogen-bond donors (Lipinski definition) is 1. The lowest BCUT2D eigenvalue weighted by Crippen LogP contribution is -2.18. The summed E-state index contributed by atoms with van der Waals surface area (Å²) in [7, 11) is 0. The van der Waals surface area contributed by atoms with Gasteiger partial charge in [-0.3, -0.25) is 4.79 Å². The van der Waals surface area contributed by atoms with Crippen LogP contribution in [0.2, 0.25) is 0 Å². The molecule has 2 rings (SSSR count). The second kappa shape index (κ2) is 7.14. The van der Waals surface area contributed by atoms with Crippen molar-refractivity contribution in [2.24, 2.45) is 0 Å². The highest BCUT2D eigenvalue weighted by molar-refractivity contribution is 6.11. The number of ether oxygens (including phenoxy) is 1. The number of rotatable bonds is 4. The molecule has 26 heavy (non-hydrogen) atoms. The zero-order chi connectivity index (χ0) is 19.7. The van der Waals surface area contributed by atoms with E-state index in [-0.39, 0.29) is 22.4 Å². The Morgan fingerprint density at radius 1 is 0.962 bits per heavy atom. The summed E-state index contributed by atoms with van der Waals surface area (Å²) in [5, 5.41) is 10.8. The van der Waals surface area contributed by atoms with E-state index in [1.165, 1.54) is 0 Å². The highest BCUT2D eigenvalue weighted by Gasteiger charge is 2.27. The van der Waals surface area contributed by atoms with Crippen LogP contribution in [-0.4, -0.2) is 17.5 Å². The van der Waals surface area contributed by atoms with Gasteiger partial charge in [-0.05, 0) is 53.6 Å². The van der Waals surface area contributed by atoms with Gasteiger partial charge in [-0.2, -0.15) is 0 Å². The van der Waals surface area contributed by atoms with Gasteiger partial charge in [0.25, 0.3) is 0 Å². The van der Waals surface area contributed by atoms with Crippen LogP contribution >= 0.6 is 0 Å². The molecule has 0 amide bonds. The monoisotopic (exact) mass is 354 g/mol. The van der Waals surface area contributed by atoms with Gasteiger partial charge in [0.1, 0.15) is 11.5 Å². The number of benzene rings is 2. The van der Waals surface area contributed by atoms with E-state index in [1.54, 1.807) is 24.3 Å². The summed E-state index contributed by atoms with van der Waals surface area (Å²) in [5.41, 5.74) is 2.33. The SMILES string of the molecule is CCOc1ccc(C(=O)c2cc(C(C)(C)C)cc(C(C)(C)C)c2O)cc1. The molecule has 3 nitrogen and oxygen atoms in total. The Morgan fingerprint density at radius 2 is 1.54 bits per heavy atom. The molecular weight excluding hydrogens is 324 g/mol. The number of carbonyl (C=O) groups excluding carboxylic acids is 1. The topological polar surface area (TPSA) is 46.5 Å². The fourth-order valence-electron chi connectivity index (χ4n) is 2.84. The standard InChI is InChI=1S/C23H30O3/c1-8-26-17-11-9-15(10-12-17)20(24)18-13-16(22(2,3)4)14-19(21(18)25)23(5,6)7/h9-14,25H,8H2,1-7H3. The summed E-state index contributed by atoms with van der Waals surface area (Å²) in [6.07, 6.45) is 0. The summed E-state index contributed by atoms with van der Waals surface area (Å²) < 4.78 is 5.44. The highest BCUT2D eigenvalue weighted by Crippen LogP contribution is 2.38. The van der Waals surface area contributed by atoms with Crippen molar-refractivity contribution < 1.29 is 14.6 Å². The molecule has 0 aliphatic heterocycles. The molecule has 0 radical (unpaired) electrons. The van der Waals surface area contributed by atoms with Gasteiger partial charge in [0.2, 0.25) is 0 Å². The van der Waals surface area contributed by atoms with Gasteiger partial charge in [0.15, 0.2) is 5.78 Å². The van der Waals surface area contributed by atoms with Gasteiger partial charge < -0.3 is 9.84 Å². The Balaban J connectivity index is 2.58. The third-order valence-electron chi connectivity index (χ3n) is 4.46. The molecule has 0 heterocycles. The second-order valence-electron chi connectivity index (χ2n) is 8.71. The molecular formula is C23H30O3. The second-order valence-corrected chi connectivity index (χ2v) is 8.71. The summed E-state index contributed by atoms with van der Waals surface area (Å²) in [6, 6.07) is 10.9. The minimum atomic E-state index is -0.265. The number of ketones is 1. The fraction of sp³-hybridized carbons (Fsp3) is 0.435. The van der Waals surface area contributed by atoms with Crippen molar-refractivity contribution in [3.05, 3.63) is 58.7 Å². The minimum Gasteiger partial charge on any atom is -0.507 e. The molecule has 0 aliphatic carbocycles. The number of hydrogen-bond acceptors (Lipinski definition) is 3. The molecule has 0 aliphatic rings. The molecule has 0 spiro atoms. The fourth-order valence-corrected chi connectivity index (χ4v) is 2.84. The lowest BCUT2D eigenvalue weighted by molar-refractivity contribution is 0.103. The van der Waals surface area contributed by atoms with Crippen LogP contribution in [-0.2, 0) is 10.8 Å². The number of carbonyl (C=O) groups is 1. The molecule has 1 N–H and O–H groups in total. The average molecular weight is 354 g/mol. The van der Waals surface area contributed by atoms with Crippen LogP contribution in [0.15, 0.2) is 36.4 Å². The summed E-state index contributed by atoms with van der Waals surface area (Å²) in [5.74, 6) is 0.624. The maximum Gasteiger partial charge on any atom is 0.196 e. The van der Waals surface area contributed by atoms with E-state index in [0.717, 1.165) is 16.9 Å². The molecule has 0 unspecified atom stereocenters. The largest absolute Gasteiger partial charge is 0.507 e. The van der Waals surface area contributed by atoms with Gasteiger partial charge in [-0.15, -0.1) is 0 Å². The first-order valence-electron chi connectivity index (χ1n) is 9.10. The van der Waals surface area contributed by atoms with Crippen LogP contribution in [0.25, 0.3) is 0 Å². The third kappa shape index (κ3) is 4.27. The van der Waals surface area contributed by atoms with E-state index >= 15 is 0 Å². The van der Waals surface area contributed by atoms with E-state index in [0.29, 0.717) is 17.7 Å². The van der Waals surface area contributed by atoms with Gasteiger partial charge in [0, 0.05) is 11.1 Å². The Morgan fingerprint density at radius 3 is 2.00 bits per heavy atom. The predicted octanol–water partition coefficient (Wildman–Crippen LogP) is 5.62. The van der Waals surface area contributed by atoms with E-state index in [9.17, 15) is 9.90 Å². The zero-order valence-electron chi connectivity index (χ0n) is 16.9. The van der Waals surface area contributed by atoms with Crippen LogP contribution in [0.1, 0.15) is 75.5 Å². The lowest BCUT2D eigenvalue weighted by atomic mass is 9.78. The number of phenols is 1. The van der Waals surface area contributed by atoms with E-state index in [4.69, 9.17) is 4.74 Å². The summed E-state index contributed by atoms with van der Waals surface area (Å²) in [6.45, 7) is 14.9. The smallest absolute Gasteiger partial charge is 0.196 e. The number of aromatic hydroxyl groups is 1. The van der Waals surface area contributed by atoms with Gasteiger partial charge in [-0.1, -0.05) is 47.6 Å². The van der Waals surface area contributed by atoms with E-state index in [1.807, 2.05) is 39.8 Å². The average Bonchev–Trinajstić information content (AvgIpc) is 2.53. The Hall–Kier alpha value is -2.29.